The number of hydrogen-bond donors (Lipinski definition) is 1. The minimum atomic E-state index is -0.470. The van der Waals surface area contributed by atoms with Crippen molar-refractivity contribution >= 4 is 0 Å². The lowest BCUT2D eigenvalue weighted by Gasteiger charge is -2.44. The molecule has 2 fully saturated rings. The summed E-state index contributed by atoms with van der Waals surface area (Å²) in [5.74, 6) is 0.982. The molecule has 1 saturated heterocycles. The maximum absolute atomic E-state index is 10.4. The molecule has 1 spiro atoms. The molecule has 1 aliphatic carbocycles. The summed E-state index contributed by atoms with van der Waals surface area (Å²) in [7, 11) is 0. The van der Waals surface area contributed by atoms with E-state index in [1.165, 1.54) is 19.3 Å². The van der Waals surface area contributed by atoms with Crippen LogP contribution in [0.15, 0.2) is 22.8 Å². The van der Waals surface area contributed by atoms with Crippen LogP contribution in [0.4, 0.5) is 0 Å². The molecular weight excluding hydrogens is 228 g/mol. The van der Waals surface area contributed by atoms with E-state index in [1.54, 1.807) is 6.26 Å². The van der Waals surface area contributed by atoms with Crippen molar-refractivity contribution in [1.29, 1.82) is 0 Å². The first-order chi connectivity index (χ1) is 8.79. The van der Waals surface area contributed by atoms with Crippen molar-refractivity contribution in [1.82, 2.24) is 0 Å². The first-order valence-corrected chi connectivity index (χ1v) is 7.15. The summed E-state index contributed by atoms with van der Waals surface area (Å²) in [6.07, 6.45) is 9.27. The Balaban J connectivity index is 1.70. The fourth-order valence-electron chi connectivity index (χ4n) is 3.57. The van der Waals surface area contributed by atoms with Gasteiger partial charge in [0, 0.05) is 6.61 Å². The molecule has 100 valence electrons. The average Bonchev–Trinajstić information content (AvgIpc) is 2.93. The van der Waals surface area contributed by atoms with Crippen LogP contribution < -0.4 is 0 Å². The van der Waals surface area contributed by atoms with Crippen molar-refractivity contribution in [2.75, 3.05) is 6.61 Å². The van der Waals surface area contributed by atoms with E-state index in [0.717, 1.165) is 32.3 Å². The van der Waals surface area contributed by atoms with Crippen molar-refractivity contribution in [3.8, 4) is 0 Å². The van der Waals surface area contributed by atoms with Crippen LogP contribution in [0.1, 0.15) is 56.8 Å². The molecule has 1 aromatic heterocycles. The third-order valence-electron chi connectivity index (χ3n) is 4.58. The Hall–Kier alpha value is -0.800. The van der Waals surface area contributed by atoms with Gasteiger partial charge in [-0.1, -0.05) is 19.3 Å². The highest BCUT2D eigenvalue weighted by Crippen LogP contribution is 2.44. The van der Waals surface area contributed by atoms with Crippen LogP contribution in [0.5, 0.6) is 0 Å². The van der Waals surface area contributed by atoms with E-state index in [0.29, 0.717) is 5.76 Å². The largest absolute Gasteiger partial charge is 0.467 e. The molecule has 3 nitrogen and oxygen atoms in total. The molecule has 0 bridgehead atoms. The number of aliphatic hydroxyl groups is 1. The van der Waals surface area contributed by atoms with Crippen molar-refractivity contribution in [2.45, 2.75) is 56.7 Å². The van der Waals surface area contributed by atoms with Gasteiger partial charge in [0.2, 0.25) is 0 Å². The normalized spacial score (nSPS) is 29.3. The molecule has 1 aromatic rings. The summed E-state index contributed by atoms with van der Waals surface area (Å²) in [5.41, 5.74) is 0.0503. The van der Waals surface area contributed by atoms with Crippen LogP contribution >= 0.6 is 0 Å². The predicted octanol–water partition coefficient (Wildman–Crippen LogP) is 3.44. The maximum atomic E-state index is 10.4. The number of hydrogen-bond acceptors (Lipinski definition) is 3. The number of aliphatic hydroxyl groups excluding tert-OH is 1. The van der Waals surface area contributed by atoms with Crippen LogP contribution in [0.2, 0.25) is 0 Å². The van der Waals surface area contributed by atoms with Crippen LogP contribution in [-0.4, -0.2) is 17.3 Å². The Morgan fingerprint density at radius 3 is 2.83 bits per heavy atom. The zero-order valence-corrected chi connectivity index (χ0v) is 10.8. The lowest BCUT2D eigenvalue weighted by molar-refractivity contribution is -0.135. The van der Waals surface area contributed by atoms with Gasteiger partial charge in [-0.15, -0.1) is 0 Å². The molecule has 0 aromatic carbocycles. The summed E-state index contributed by atoms with van der Waals surface area (Å²) in [5, 5.41) is 10.4. The zero-order valence-electron chi connectivity index (χ0n) is 10.8. The quantitative estimate of drug-likeness (QED) is 0.874. The van der Waals surface area contributed by atoms with Gasteiger partial charge < -0.3 is 14.3 Å². The van der Waals surface area contributed by atoms with E-state index in [4.69, 9.17) is 9.15 Å². The third-order valence-corrected chi connectivity index (χ3v) is 4.58. The molecule has 18 heavy (non-hydrogen) atoms. The molecule has 0 amide bonds. The first-order valence-electron chi connectivity index (χ1n) is 7.15. The highest BCUT2D eigenvalue weighted by Gasteiger charge is 2.41. The lowest BCUT2D eigenvalue weighted by Crippen LogP contribution is -2.42. The molecule has 2 atom stereocenters. The summed E-state index contributed by atoms with van der Waals surface area (Å²) >= 11 is 0. The second kappa shape index (κ2) is 5.06. The van der Waals surface area contributed by atoms with Gasteiger partial charge in [-0.25, -0.2) is 0 Å². The summed E-state index contributed by atoms with van der Waals surface area (Å²) in [6, 6.07) is 3.71. The standard InChI is InChI=1S/C15H22O3/c16-14(13-5-4-9-17-13)12-6-10-18-15(11-12)7-2-1-3-8-15/h4-5,9,12,14,16H,1-3,6-8,10-11H2. The van der Waals surface area contributed by atoms with E-state index in [1.807, 2.05) is 12.1 Å². The van der Waals surface area contributed by atoms with E-state index >= 15 is 0 Å². The zero-order chi connectivity index (χ0) is 12.4. The lowest BCUT2D eigenvalue weighted by atomic mass is 9.74. The topological polar surface area (TPSA) is 42.6 Å². The Morgan fingerprint density at radius 1 is 1.28 bits per heavy atom. The van der Waals surface area contributed by atoms with Crippen LogP contribution in [0, 0.1) is 5.92 Å². The fraction of sp³-hybridized carbons (Fsp3) is 0.733. The number of rotatable bonds is 2. The molecule has 2 unspecified atom stereocenters. The molecule has 2 heterocycles. The van der Waals surface area contributed by atoms with Gasteiger partial charge in [-0.2, -0.15) is 0 Å². The van der Waals surface area contributed by atoms with Crippen LogP contribution in [0.25, 0.3) is 0 Å². The van der Waals surface area contributed by atoms with Crippen molar-refractivity contribution in [3.05, 3.63) is 24.2 Å². The summed E-state index contributed by atoms with van der Waals surface area (Å²) in [4.78, 5) is 0. The second-order valence-corrected chi connectivity index (χ2v) is 5.81. The maximum Gasteiger partial charge on any atom is 0.132 e. The van der Waals surface area contributed by atoms with E-state index < -0.39 is 6.10 Å². The minimum Gasteiger partial charge on any atom is -0.467 e. The molecule has 0 radical (unpaired) electrons. The second-order valence-electron chi connectivity index (χ2n) is 5.81. The molecular formula is C15H22O3. The van der Waals surface area contributed by atoms with Gasteiger partial charge in [-0.3, -0.25) is 0 Å². The van der Waals surface area contributed by atoms with Gasteiger partial charge in [-0.05, 0) is 43.7 Å². The fourth-order valence-corrected chi connectivity index (χ4v) is 3.57. The van der Waals surface area contributed by atoms with Gasteiger partial charge in [0.05, 0.1) is 11.9 Å². The number of ether oxygens (including phenoxy) is 1. The van der Waals surface area contributed by atoms with Gasteiger partial charge in [0.15, 0.2) is 0 Å². The average molecular weight is 250 g/mol. The van der Waals surface area contributed by atoms with E-state index in [9.17, 15) is 5.11 Å². The van der Waals surface area contributed by atoms with Gasteiger partial charge >= 0.3 is 0 Å². The highest BCUT2D eigenvalue weighted by molar-refractivity contribution is 5.05. The van der Waals surface area contributed by atoms with Crippen LogP contribution in [0.3, 0.4) is 0 Å². The Kier molecular flexibility index (Phi) is 3.44. The number of furan rings is 1. The van der Waals surface area contributed by atoms with E-state index in [-0.39, 0.29) is 11.5 Å². The van der Waals surface area contributed by atoms with Crippen molar-refractivity contribution < 1.29 is 14.3 Å². The summed E-state index contributed by atoms with van der Waals surface area (Å²) < 4.78 is 11.4. The van der Waals surface area contributed by atoms with Gasteiger partial charge in [0.25, 0.3) is 0 Å². The Labute approximate surface area is 108 Å². The molecule has 3 heteroatoms. The smallest absolute Gasteiger partial charge is 0.132 e. The molecule has 1 saturated carbocycles. The SMILES string of the molecule is OC(c1ccco1)C1CCOC2(CCCCC2)C1. The highest BCUT2D eigenvalue weighted by atomic mass is 16.5. The molecule has 1 N–H and O–H groups in total. The molecule has 3 rings (SSSR count). The monoisotopic (exact) mass is 250 g/mol. The Morgan fingerprint density at radius 2 is 2.11 bits per heavy atom. The van der Waals surface area contributed by atoms with Crippen molar-refractivity contribution in [3.63, 3.8) is 0 Å². The van der Waals surface area contributed by atoms with Crippen molar-refractivity contribution in [2.24, 2.45) is 5.92 Å². The Bertz CT molecular complexity index is 360. The molecule has 1 aliphatic heterocycles. The van der Waals surface area contributed by atoms with Crippen LogP contribution in [-0.2, 0) is 4.74 Å². The molecule has 2 aliphatic rings. The summed E-state index contributed by atoms with van der Waals surface area (Å²) in [6.45, 7) is 0.780. The van der Waals surface area contributed by atoms with Gasteiger partial charge in [0.1, 0.15) is 11.9 Å². The first kappa shape index (κ1) is 12.2. The van der Waals surface area contributed by atoms with E-state index in [2.05, 4.69) is 0 Å². The minimum absolute atomic E-state index is 0.0503. The predicted molar refractivity (Wildman–Crippen MR) is 68.2 cm³/mol. The third kappa shape index (κ3) is 2.34.